The molecular formula is C15H18N2O2S. The average molecular weight is 290 g/mol. The molecule has 0 unspecified atom stereocenters. The number of anilines is 1. The van der Waals surface area contributed by atoms with E-state index in [-0.39, 0.29) is 5.75 Å². The van der Waals surface area contributed by atoms with E-state index < -0.39 is 10.0 Å². The predicted octanol–water partition coefficient (Wildman–Crippen LogP) is 1.93. The minimum absolute atomic E-state index is 0.0257. The molecule has 2 aromatic carbocycles. The van der Waals surface area contributed by atoms with E-state index in [1.54, 1.807) is 24.3 Å². The Morgan fingerprint density at radius 3 is 2.20 bits per heavy atom. The van der Waals surface area contributed by atoms with Gasteiger partial charge in [-0.3, -0.25) is 0 Å². The number of nitrogen functional groups attached to an aromatic ring is 1. The van der Waals surface area contributed by atoms with Gasteiger partial charge in [0.2, 0.25) is 10.0 Å². The quantitative estimate of drug-likeness (QED) is 0.799. The van der Waals surface area contributed by atoms with Gasteiger partial charge in [-0.15, -0.1) is 0 Å². The molecule has 0 aromatic heterocycles. The molecule has 0 heterocycles. The Bertz CT molecular complexity index is 637. The lowest BCUT2D eigenvalue weighted by Gasteiger charge is -2.07. The molecule has 20 heavy (non-hydrogen) atoms. The third-order valence-electron chi connectivity index (χ3n) is 2.91. The highest BCUT2D eigenvalue weighted by Gasteiger charge is 2.10. The summed E-state index contributed by atoms with van der Waals surface area (Å²) >= 11 is 0. The van der Waals surface area contributed by atoms with Gasteiger partial charge in [0.1, 0.15) is 0 Å². The summed E-state index contributed by atoms with van der Waals surface area (Å²) in [6.45, 7) is 0.404. The Kier molecular flexibility index (Phi) is 4.76. The van der Waals surface area contributed by atoms with Crippen LogP contribution in [0.5, 0.6) is 0 Å². The van der Waals surface area contributed by atoms with Gasteiger partial charge in [0, 0.05) is 12.2 Å². The SMILES string of the molecule is Nc1ccc(CS(=O)(=O)NCCc2ccccc2)cc1. The smallest absolute Gasteiger partial charge is 0.215 e. The molecular weight excluding hydrogens is 272 g/mol. The van der Waals surface area contributed by atoms with Crippen LogP contribution in [0.2, 0.25) is 0 Å². The first-order chi connectivity index (χ1) is 9.55. The lowest BCUT2D eigenvalue weighted by Crippen LogP contribution is -2.27. The number of sulfonamides is 1. The molecule has 0 aliphatic carbocycles. The fourth-order valence-electron chi connectivity index (χ4n) is 1.88. The van der Waals surface area contributed by atoms with Gasteiger partial charge in [0.25, 0.3) is 0 Å². The summed E-state index contributed by atoms with van der Waals surface area (Å²) in [6, 6.07) is 16.6. The van der Waals surface area contributed by atoms with Crippen molar-refractivity contribution in [2.24, 2.45) is 0 Å². The molecule has 0 atom stereocenters. The normalized spacial score (nSPS) is 11.4. The second kappa shape index (κ2) is 6.54. The second-order valence-corrected chi connectivity index (χ2v) is 6.44. The molecule has 4 nitrogen and oxygen atoms in total. The van der Waals surface area contributed by atoms with Crippen molar-refractivity contribution in [3.63, 3.8) is 0 Å². The highest BCUT2D eigenvalue weighted by molar-refractivity contribution is 7.88. The summed E-state index contributed by atoms with van der Waals surface area (Å²) in [5.74, 6) is -0.0257. The van der Waals surface area contributed by atoms with Gasteiger partial charge in [-0.25, -0.2) is 13.1 Å². The molecule has 0 spiro atoms. The summed E-state index contributed by atoms with van der Waals surface area (Å²) in [7, 11) is -3.31. The third kappa shape index (κ3) is 4.68. The van der Waals surface area contributed by atoms with Gasteiger partial charge in [-0.1, -0.05) is 42.5 Å². The fraction of sp³-hybridized carbons (Fsp3) is 0.200. The second-order valence-electron chi connectivity index (χ2n) is 4.63. The molecule has 0 amide bonds. The van der Waals surface area contributed by atoms with Crippen LogP contribution >= 0.6 is 0 Å². The van der Waals surface area contributed by atoms with Crippen LogP contribution in [0.1, 0.15) is 11.1 Å². The largest absolute Gasteiger partial charge is 0.399 e. The Labute approximate surface area is 119 Å². The minimum Gasteiger partial charge on any atom is -0.399 e. The first kappa shape index (κ1) is 14.6. The van der Waals surface area contributed by atoms with Crippen LogP contribution < -0.4 is 10.5 Å². The molecule has 0 aliphatic rings. The van der Waals surface area contributed by atoms with E-state index in [0.29, 0.717) is 18.7 Å². The molecule has 5 heteroatoms. The first-order valence-electron chi connectivity index (χ1n) is 6.41. The van der Waals surface area contributed by atoms with Crippen LogP contribution in [0, 0.1) is 0 Å². The fourth-order valence-corrected chi connectivity index (χ4v) is 3.03. The molecule has 0 saturated carbocycles. The number of nitrogens with two attached hydrogens (primary N) is 1. The lowest BCUT2D eigenvalue weighted by molar-refractivity contribution is 0.581. The van der Waals surface area contributed by atoms with E-state index in [2.05, 4.69) is 4.72 Å². The number of hydrogen-bond donors (Lipinski definition) is 2. The van der Waals surface area contributed by atoms with E-state index in [0.717, 1.165) is 11.1 Å². The Balaban J connectivity index is 1.86. The standard InChI is InChI=1S/C15H18N2O2S/c16-15-8-6-14(7-9-15)12-20(18,19)17-11-10-13-4-2-1-3-5-13/h1-9,17H,10-12,16H2. The maximum Gasteiger partial charge on any atom is 0.215 e. The first-order valence-corrected chi connectivity index (χ1v) is 8.06. The highest BCUT2D eigenvalue weighted by Crippen LogP contribution is 2.08. The maximum atomic E-state index is 11.9. The van der Waals surface area contributed by atoms with Crippen molar-refractivity contribution in [2.45, 2.75) is 12.2 Å². The zero-order valence-corrected chi connectivity index (χ0v) is 11.9. The number of hydrogen-bond acceptors (Lipinski definition) is 3. The van der Waals surface area contributed by atoms with Crippen LogP contribution in [0.25, 0.3) is 0 Å². The van der Waals surface area contributed by atoms with Crippen molar-refractivity contribution < 1.29 is 8.42 Å². The monoisotopic (exact) mass is 290 g/mol. The van der Waals surface area contributed by atoms with Gasteiger partial charge in [-0.2, -0.15) is 0 Å². The van der Waals surface area contributed by atoms with Crippen LogP contribution in [0.15, 0.2) is 54.6 Å². The van der Waals surface area contributed by atoms with E-state index in [9.17, 15) is 8.42 Å². The third-order valence-corrected chi connectivity index (χ3v) is 4.27. The zero-order valence-electron chi connectivity index (χ0n) is 11.1. The van der Waals surface area contributed by atoms with Gasteiger partial charge in [0.05, 0.1) is 5.75 Å². The molecule has 0 bridgehead atoms. The number of benzene rings is 2. The predicted molar refractivity (Wildman–Crippen MR) is 81.6 cm³/mol. The molecule has 0 radical (unpaired) electrons. The van der Waals surface area contributed by atoms with Gasteiger partial charge in [0.15, 0.2) is 0 Å². The topological polar surface area (TPSA) is 72.2 Å². The Morgan fingerprint density at radius 2 is 1.55 bits per heavy atom. The maximum absolute atomic E-state index is 11.9. The number of rotatable bonds is 6. The van der Waals surface area contributed by atoms with Crippen molar-refractivity contribution in [2.75, 3.05) is 12.3 Å². The van der Waals surface area contributed by atoms with Gasteiger partial charge in [-0.05, 0) is 29.7 Å². The van der Waals surface area contributed by atoms with E-state index in [1.807, 2.05) is 30.3 Å². The summed E-state index contributed by atoms with van der Waals surface area (Å²) in [6.07, 6.45) is 0.682. The van der Waals surface area contributed by atoms with E-state index in [4.69, 9.17) is 5.73 Å². The summed E-state index contributed by atoms with van der Waals surface area (Å²) < 4.78 is 26.5. The van der Waals surface area contributed by atoms with Crippen LogP contribution in [0.4, 0.5) is 5.69 Å². The molecule has 0 aliphatic heterocycles. The molecule has 2 aromatic rings. The van der Waals surface area contributed by atoms with Crippen molar-refractivity contribution in [3.8, 4) is 0 Å². The van der Waals surface area contributed by atoms with Crippen LogP contribution in [-0.4, -0.2) is 15.0 Å². The molecule has 2 rings (SSSR count). The Morgan fingerprint density at radius 1 is 0.900 bits per heavy atom. The summed E-state index contributed by atoms with van der Waals surface area (Å²) in [5.41, 5.74) is 8.04. The summed E-state index contributed by atoms with van der Waals surface area (Å²) in [5, 5.41) is 0. The van der Waals surface area contributed by atoms with Gasteiger partial charge >= 0.3 is 0 Å². The van der Waals surface area contributed by atoms with Crippen molar-refractivity contribution >= 4 is 15.7 Å². The molecule has 106 valence electrons. The van der Waals surface area contributed by atoms with Crippen LogP contribution in [0.3, 0.4) is 0 Å². The molecule has 3 N–H and O–H groups in total. The van der Waals surface area contributed by atoms with Crippen molar-refractivity contribution in [1.82, 2.24) is 4.72 Å². The average Bonchev–Trinajstić information content (AvgIpc) is 2.42. The minimum atomic E-state index is -3.31. The molecule has 0 fully saturated rings. The molecule has 0 saturated heterocycles. The van der Waals surface area contributed by atoms with Crippen molar-refractivity contribution in [3.05, 3.63) is 65.7 Å². The number of nitrogens with one attached hydrogen (secondary N) is 1. The van der Waals surface area contributed by atoms with E-state index >= 15 is 0 Å². The van der Waals surface area contributed by atoms with E-state index in [1.165, 1.54) is 0 Å². The van der Waals surface area contributed by atoms with Crippen molar-refractivity contribution in [1.29, 1.82) is 0 Å². The Hall–Kier alpha value is -1.85. The van der Waals surface area contributed by atoms with Crippen LogP contribution in [-0.2, 0) is 22.2 Å². The van der Waals surface area contributed by atoms with Gasteiger partial charge < -0.3 is 5.73 Å². The highest BCUT2D eigenvalue weighted by atomic mass is 32.2. The lowest BCUT2D eigenvalue weighted by atomic mass is 10.2. The zero-order chi connectivity index (χ0) is 14.4. The summed E-state index contributed by atoms with van der Waals surface area (Å²) in [4.78, 5) is 0.